The molecular formula is C14H21BF12O13S4Si. The summed E-state index contributed by atoms with van der Waals surface area (Å²) in [5.41, 5.74) is -28.5. The van der Waals surface area contributed by atoms with E-state index in [4.69, 9.17) is 4.43 Å². The van der Waals surface area contributed by atoms with Crippen molar-refractivity contribution in [3.05, 3.63) is 6.61 Å². The molecule has 45 heavy (non-hydrogen) atoms. The van der Waals surface area contributed by atoms with E-state index in [0.29, 0.717) is 0 Å². The lowest BCUT2D eigenvalue weighted by Gasteiger charge is -2.37. The minimum Gasteiger partial charge on any atom is -0.398 e. The average molecular weight is 792 g/mol. The molecule has 1 fully saturated rings. The Kier molecular flexibility index (Phi) is 13.8. The van der Waals surface area contributed by atoms with Gasteiger partial charge in [0, 0.05) is 0 Å². The standard InChI is InChI=1S/C10H21OSi.C4BF12O12S4/c1-12(2,3)11-9-10-7-5-4-6-8-10;6-1(7,8)30(18,19)26-5(27-31(20,21)2(9,10)11,28-32(22,23)3(12,13)14)29-33(24,25)4(15,16)17/h9-10H,4-8H2,1-3H3;/q+1;-1. The molecule has 0 amide bonds. The van der Waals surface area contributed by atoms with E-state index in [0.717, 1.165) is 5.92 Å². The summed E-state index contributed by atoms with van der Waals surface area (Å²) in [4.78, 5) is 0. The van der Waals surface area contributed by atoms with Gasteiger partial charge in [0.05, 0.1) is 0 Å². The molecule has 0 radical (unpaired) electrons. The van der Waals surface area contributed by atoms with Gasteiger partial charge in [-0.05, 0) is 45.3 Å². The molecule has 1 aliphatic carbocycles. The topological polar surface area (TPSA) is 183 Å². The van der Waals surface area contributed by atoms with Gasteiger partial charge in [0.25, 0.3) is 8.32 Å². The fourth-order valence-electron chi connectivity index (χ4n) is 2.51. The second-order valence-electron chi connectivity index (χ2n) is 9.33. The van der Waals surface area contributed by atoms with Crippen LogP contribution in [0, 0.1) is 12.5 Å². The van der Waals surface area contributed by atoms with E-state index in [2.05, 4.69) is 42.7 Å². The van der Waals surface area contributed by atoms with E-state index in [1.54, 1.807) is 0 Å². The van der Waals surface area contributed by atoms with Gasteiger partial charge in [0.1, 0.15) is 5.92 Å². The Bertz CT molecular complexity index is 1240. The summed E-state index contributed by atoms with van der Waals surface area (Å²) >= 11 is 0. The lowest BCUT2D eigenvalue weighted by atomic mass is 9.90. The van der Waals surface area contributed by atoms with E-state index in [9.17, 15) is 86.4 Å². The molecule has 0 N–H and O–H groups in total. The third kappa shape index (κ3) is 13.5. The Balaban J connectivity index is 0.00000133. The maximum atomic E-state index is 12.4. The van der Waals surface area contributed by atoms with Gasteiger partial charge in [-0.3, -0.25) is 0 Å². The number of rotatable bonds is 11. The minimum absolute atomic E-state index is 0.755. The van der Waals surface area contributed by atoms with E-state index in [1.165, 1.54) is 32.1 Å². The molecule has 0 unspecified atom stereocenters. The third-order valence-corrected chi connectivity index (χ3v) is 9.44. The lowest BCUT2D eigenvalue weighted by Crippen LogP contribution is -2.59. The summed E-state index contributed by atoms with van der Waals surface area (Å²) in [5.74, 6) is 0.755. The molecule has 0 spiro atoms. The molecule has 0 saturated heterocycles. The van der Waals surface area contributed by atoms with Crippen LogP contribution in [-0.2, 0) is 61.3 Å². The van der Waals surface area contributed by atoms with Gasteiger partial charge in [-0.1, -0.05) is 6.42 Å². The van der Waals surface area contributed by atoms with Crippen LogP contribution in [0.3, 0.4) is 0 Å². The zero-order valence-corrected chi connectivity index (χ0v) is 26.5. The first-order valence-corrected chi connectivity index (χ1v) is 20.2. The quantitative estimate of drug-likeness (QED) is 0.124. The molecule has 0 aliphatic heterocycles. The van der Waals surface area contributed by atoms with Crippen LogP contribution in [0.2, 0.25) is 19.6 Å². The summed E-state index contributed by atoms with van der Waals surface area (Å²) in [7, 11) is -33.5. The Hall–Kier alpha value is -1.09. The van der Waals surface area contributed by atoms with E-state index in [1.807, 2.05) is 0 Å². The van der Waals surface area contributed by atoms with E-state index in [-0.39, 0.29) is 0 Å². The highest BCUT2D eigenvalue weighted by atomic mass is 32.2. The van der Waals surface area contributed by atoms with Crippen LogP contribution >= 0.6 is 0 Å². The zero-order valence-electron chi connectivity index (χ0n) is 22.2. The molecule has 1 saturated carbocycles. The van der Waals surface area contributed by atoms with Crippen LogP contribution in [0.15, 0.2) is 0 Å². The normalized spacial score (nSPS) is 17.4. The van der Waals surface area contributed by atoms with Gasteiger partial charge in [-0.15, -0.1) is 0 Å². The SMILES string of the molecule is C[Si](C)(C)O[CH+]C1CCCCC1.O=S(=O)(O[B-](OS(=O)(=O)C(F)(F)F)(OS(=O)(=O)C(F)(F)F)OS(=O)(=O)C(F)(F)F)C(F)(F)F. The molecule has 0 aromatic carbocycles. The summed E-state index contributed by atoms with van der Waals surface area (Å²) in [6, 6.07) is 0. The highest BCUT2D eigenvalue weighted by Crippen LogP contribution is 2.39. The fraction of sp³-hybridized carbons (Fsp3) is 0.929. The van der Waals surface area contributed by atoms with Gasteiger partial charge in [0.2, 0.25) is 6.61 Å². The Labute approximate surface area is 249 Å². The first-order chi connectivity index (χ1) is 19.4. The van der Waals surface area contributed by atoms with Crippen LogP contribution in [0.1, 0.15) is 32.1 Å². The van der Waals surface area contributed by atoms with Gasteiger partial charge in [0.15, 0.2) is 0 Å². The van der Waals surface area contributed by atoms with Gasteiger partial charge in [-0.2, -0.15) is 86.4 Å². The maximum Gasteiger partial charge on any atom is 0.587 e. The second-order valence-corrected chi connectivity index (χ2v) is 20.0. The highest BCUT2D eigenvalue weighted by Gasteiger charge is 2.64. The maximum absolute atomic E-state index is 12.4. The Morgan fingerprint density at radius 1 is 0.533 bits per heavy atom. The molecule has 1 rings (SSSR count). The van der Waals surface area contributed by atoms with Gasteiger partial charge in [-0.25, -0.2) is 4.43 Å². The van der Waals surface area contributed by atoms with Crippen LogP contribution < -0.4 is 0 Å². The predicted octanol–water partition coefficient (Wildman–Crippen LogP) is 4.47. The van der Waals surface area contributed by atoms with Crippen molar-refractivity contribution in [3.8, 4) is 0 Å². The predicted molar refractivity (Wildman–Crippen MR) is 125 cm³/mol. The van der Waals surface area contributed by atoms with E-state index < -0.39 is 77.8 Å². The van der Waals surface area contributed by atoms with Crippen LogP contribution in [0.25, 0.3) is 0 Å². The number of hydrogen-bond acceptors (Lipinski definition) is 13. The number of hydrogen-bond donors (Lipinski definition) is 0. The second kappa shape index (κ2) is 14.2. The molecule has 0 aromatic rings. The van der Waals surface area contributed by atoms with Gasteiger partial charge < -0.3 is 16.4 Å². The molecule has 0 bridgehead atoms. The lowest BCUT2D eigenvalue weighted by molar-refractivity contribution is -0.0651. The monoisotopic (exact) mass is 792 g/mol. The van der Waals surface area contributed by atoms with Crippen molar-refractivity contribution in [1.82, 2.24) is 0 Å². The van der Waals surface area contributed by atoms with Crippen LogP contribution in [-0.4, -0.2) is 71.0 Å². The van der Waals surface area contributed by atoms with Crippen molar-refractivity contribution >= 4 is 55.7 Å². The molecule has 0 heterocycles. The first-order valence-electron chi connectivity index (χ1n) is 11.1. The fourth-order valence-corrected chi connectivity index (χ4v) is 5.55. The third-order valence-electron chi connectivity index (χ3n) is 4.38. The Morgan fingerprint density at radius 2 is 0.778 bits per heavy atom. The van der Waals surface area contributed by atoms with Crippen molar-refractivity contribution in [2.75, 3.05) is 0 Å². The smallest absolute Gasteiger partial charge is 0.398 e. The minimum atomic E-state index is -8.05. The average Bonchev–Trinajstić information content (AvgIpc) is 2.73. The van der Waals surface area contributed by atoms with Crippen molar-refractivity contribution in [2.24, 2.45) is 5.92 Å². The summed E-state index contributed by atoms with van der Waals surface area (Å²) in [6.45, 7) is 0.972. The highest BCUT2D eigenvalue weighted by molar-refractivity contribution is 7.93. The Morgan fingerprint density at radius 3 is 0.978 bits per heavy atom. The largest absolute Gasteiger partial charge is 0.587 e. The van der Waals surface area contributed by atoms with Crippen molar-refractivity contribution in [2.45, 2.75) is 73.8 Å². The summed E-state index contributed by atoms with van der Waals surface area (Å²) < 4.78 is 250. The van der Waals surface area contributed by atoms with E-state index >= 15 is 0 Å². The van der Waals surface area contributed by atoms with Crippen LogP contribution in [0.5, 0.6) is 0 Å². The molecule has 270 valence electrons. The molecule has 31 heteroatoms. The summed E-state index contributed by atoms with van der Waals surface area (Å²) in [5, 5.41) is 0. The molecule has 0 aromatic heterocycles. The summed E-state index contributed by atoms with van der Waals surface area (Å²) in [6.07, 6.45) is 6.93. The number of halogens is 12. The molecule has 13 nitrogen and oxygen atoms in total. The zero-order chi connectivity index (χ0) is 36.4. The van der Waals surface area contributed by atoms with Crippen LogP contribution in [0.4, 0.5) is 52.7 Å². The van der Waals surface area contributed by atoms with Crippen molar-refractivity contribution < 1.29 is 107 Å². The molecule has 1 aliphatic rings. The number of alkyl halides is 12. The molecule has 0 atom stereocenters. The van der Waals surface area contributed by atoms with Gasteiger partial charge >= 0.3 is 69.5 Å². The first kappa shape index (κ1) is 43.9. The molecular weight excluding hydrogens is 771 g/mol. The van der Waals surface area contributed by atoms with Crippen molar-refractivity contribution in [1.29, 1.82) is 0 Å². The van der Waals surface area contributed by atoms with Crippen molar-refractivity contribution in [3.63, 3.8) is 0 Å².